The SMILES string of the molecule is CCOc1nc2nc(C3CCOCC3)cn2cc1C. The molecular formula is C14H19N3O2. The van der Waals surface area contributed by atoms with Gasteiger partial charge >= 0.3 is 0 Å². The van der Waals surface area contributed by atoms with Crippen LogP contribution in [0, 0.1) is 6.92 Å². The summed E-state index contributed by atoms with van der Waals surface area (Å²) >= 11 is 0. The van der Waals surface area contributed by atoms with Gasteiger partial charge in [0.25, 0.3) is 0 Å². The minimum atomic E-state index is 0.492. The molecule has 0 saturated carbocycles. The standard InChI is InChI=1S/C14H19N3O2/c1-3-19-13-10(2)8-17-9-12(15-14(17)16-13)11-4-6-18-7-5-11/h8-9,11H,3-7H2,1-2H3. The Kier molecular flexibility index (Phi) is 3.38. The van der Waals surface area contributed by atoms with Crippen molar-refractivity contribution in [2.24, 2.45) is 0 Å². The molecule has 3 heterocycles. The maximum absolute atomic E-state index is 5.52. The minimum Gasteiger partial charge on any atom is -0.478 e. The molecule has 0 radical (unpaired) electrons. The van der Waals surface area contributed by atoms with Gasteiger partial charge < -0.3 is 9.47 Å². The summed E-state index contributed by atoms with van der Waals surface area (Å²) in [5.41, 5.74) is 2.15. The van der Waals surface area contributed by atoms with Crippen LogP contribution in [0.15, 0.2) is 12.4 Å². The average Bonchev–Trinajstić information content (AvgIpc) is 2.83. The van der Waals surface area contributed by atoms with E-state index < -0.39 is 0 Å². The van der Waals surface area contributed by atoms with Crippen molar-refractivity contribution in [3.8, 4) is 5.88 Å². The summed E-state index contributed by atoms with van der Waals surface area (Å²) in [5, 5.41) is 0. The van der Waals surface area contributed by atoms with Crippen molar-refractivity contribution in [1.82, 2.24) is 14.4 Å². The quantitative estimate of drug-likeness (QED) is 0.851. The number of aromatic nitrogens is 3. The first-order valence-corrected chi connectivity index (χ1v) is 6.84. The van der Waals surface area contributed by atoms with E-state index >= 15 is 0 Å². The lowest BCUT2D eigenvalue weighted by molar-refractivity contribution is 0.0846. The van der Waals surface area contributed by atoms with E-state index in [4.69, 9.17) is 9.47 Å². The lowest BCUT2D eigenvalue weighted by atomic mass is 9.97. The van der Waals surface area contributed by atoms with Gasteiger partial charge in [-0.1, -0.05) is 0 Å². The smallest absolute Gasteiger partial charge is 0.237 e. The van der Waals surface area contributed by atoms with Crippen molar-refractivity contribution in [3.05, 3.63) is 23.7 Å². The first-order chi connectivity index (χ1) is 9.28. The van der Waals surface area contributed by atoms with Crippen molar-refractivity contribution in [3.63, 3.8) is 0 Å². The number of rotatable bonds is 3. The predicted octanol–water partition coefficient (Wildman–Crippen LogP) is 2.33. The lowest BCUT2D eigenvalue weighted by Crippen LogP contribution is -2.14. The molecule has 2 aromatic rings. The second-order valence-corrected chi connectivity index (χ2v) is 4.92. The van der Waals surface area contributed by atoms with Gasteiger partial charge in [-0.15, -0.1) is 0 Å². The van der Waals surface area contributed by atoms with E-state index in [1.54, 1.807) is 0 Å². The second kappa shape index (κ2) is 5.17. The van der Waals surface area contributed by atoms with Crippen LogP contribution in [0.1, 0.15) is 36.9 Å². The Hall–Kier alpha value is -1.62. The van der Waals surface area contributed by atoms with Crippen LogP contribution in [0.5, 0.6) is 5.88 Å². The Labute approximate surface area is 112 Å². The number of aryl methyl sites for hydroxylation is 1. The Bertz CT molecular complexity index is 573. The third-order valence-electron chi connectivity index (χ3n) is 3.52. The van der Waals surface area contributed by atoms with Gasteiger partial charge in [-0.25, -0.2) is 4.98 Å². The summed E-state index contributed by atoms with van der Waals surface area (Å²) in [4.78, 5) is 9.12. The van der Waals surface area contributed by atoms with Gasteiger partial charge in [0.1, 0.15) is 0 Å². The molecule has 19 heavy (non-hydrogen) atoms. The number of imidazole rings is 1. The molecule has 5 nitrogen and oxygen atoms in total. The van der Waals surface area contributed by atoms with Gasteiger partial charge in [0.2, 0.25) is 11.7 Å². The highest BCUT2D eigenvalue weighted by molar-refractivity contribution is 5.38. The molecule has 1 aliphatic rings. The molecule has 5 heteroatoms. The molecule has 3 rings (SSSR count). The maximum atomic E-state index is 5.52. The third kappa shape index (κ3) is 2.42. The normalized spacial score (nSPS) is 16.9. The Morgan fingerprint density at radius 1 is 1.32 bits per heavy atom. The molecule has 0 amide bonds. The summed E-state index contributed by atoms with van der Waals surface area (Å²) < 4.78 is 12.9. The van der Waals surface area contributed by atoms with Crippen molar-refractivity contribution in [2.45, 2.75) is 32.6 Å². The summed E-state index contributed by atoms with van der Waals surface area (Å²) in [7, 11) is 0. The van der Waals surface area contributed by atoms with Gasteiger partial charge in [0.05, 0.1) is 12.3 Å². The van der Waals surface area contributed by atoms with Crippen molar-refractivity contribution in [2.75, 3.05) is 19.8 Å². The van der Waals surface area contributed by atoms with Gasteiger partial charge in [-0.2, -0.15) is 4.98 Å². The summed E-state index contributed by atoms with van der Waals surface area (Å²) in [5.74, 6) is 1.89. The summed E-state index contributed by atoms with van der Waals surface area (Å²) in [6.07, 6.45) is 6.20. The molecule has 1 aliphatic heterocycles. The van der Waals surface area contributed by atoms with E-state index in [0.717, 1.165) is 43.1 Å². The fourth-order valence-electron chi connectivity index (χ4n) is 2.50. The second-order valence-electron chi connectivity index (χ2n) is 4.92. The molecule has 0 unspecified atom stereocenters. The first-order valence-electron chi connectivity index (χ1n) is 6.84. The van der Waals surface area contributed by atoms with Crippen molar-refractivity contribution >= 4 is 5.78 Å². The molecule has 0 bridgehead atoms. The Morgan fingerprint density at radius 2 is 2.11 bits per heavy atom. The van der Waals surface area contributed by atoms with Gasteiger partial charge in [0, 0.05) is 37.1 Å². The molecule has 0 atom stereocenters. The Morgan fingerprint density at radius 3 is 2.84 bits per heavy atom. The maximum Gasteiger partial charge on any atom is 0.237 e. The van der Waals surface area contributed by atoms with E-state index in [-0.39, 0.29) is 0 Å². The fourth-order valence-corrected chi connectivity index (χ4v) is 2.50. The van der Waals surface area contributed by atoms with Crippen LogP contribution < -0.4 is 4.74 Å². The minimum absolute atomic E-state index is 0.492. The molecule has 0 spiro atoms. The Balaban J connectivity index is 1.95. The van der Waals surface area contributed by atoms with Crippen LogP contribution in [-0.2, 0) is 4.74 Å². The van der Waals surface area contributed by atoms with Gasteiger partial charge in [-0.3, -0.25) is 4.40 Å². The van der Waals surface area contributed by atoms with Crippen LogP contribution >= 0.6 is 0 Å². The molecule has 0 aromatic carbocycles. The number of hydrogen-bond acceptors (Lipinski definition) is 4. The number of ether oxygens (including phenoxy) is 2. The summed E-state index contributed by atoms with van der Waals surface area (Å²) in [6, 6.07) is 0. The predicted molar refractivity (Wildman–Crippen MR) is 71.7 cm³/mol. The summed E-state index contributed by atoms with van der Waals surface area (Å²) in [6.45, 7) is 6.25. The van der Waals surface area contributed by atoms with Crippen LogP contribution in [0.2, 0.25) is 0 Å². The molecule has 0 aliphatic carbocycles. The zero-order chi connectivity index (χ0) is 13.2. The molecule has 1 saturated heterocycles. The van der Waals surface area contributed by atoms with E-state index in [2.05, 4.69) is 16.2 Å². The zero-order valence-electron chi connectivity index (χ0n) is 11.4. The molecule has 0 N–H and O–H groups in total. The van der Waals surface area contributed by atoms with Crippen molar-refractivity contribution < 1.29 is 9.47 Å². The van der Waals surface area contributed by atoms with Gasteiger partial charge in [0.15, 0.2) is 0 Å². The van der Waals surface area contributed by atoms with Crippen molar-refractivity contribution in [1.29, 1.82) is 0 Å². The van der Waals surface area contributed by atoms with E-state index in [1.165, 1.54) is 0 Å². The highest BCUT2D eigenvalue weighted by atomic mass is 16.5. The highest BCUT2D eigenvalue weighted by Gasteiger charge is 2.19. The van der Waals surface area contributed by atoms with Crippen LogP contribution in [-0.4, -0.2) is 34.2 Å². The van der Waals surface area contributed by atoms with E-state index in [0.29, 0.717) is 18.4 Å². The fraction of sp³-hybridized carbons (Fsp3) is 0.571. The first kappa shape index (κ1) is 12.4. The number of hydrogen-bond donors (Lipinski definition) is 0. The molecular weight excluding hydrogens is 242 g/mol. The largest absolute Gasteiger partial charge is 0.478 e. The van der Waals surface area contributed by atoms with E-state index in [1.807, 2.05) is 24.4 Å². The highest BCUT2D eigenvalue weighted by Crippen LogP contribution is 2.26. The molecule has 102 valence electrons. The van der Waals surface area contributed by atoms with Crippen LogP contribution in [0.4, 0.5) is 0 Å². The average molecular weight is 261 g/mol. The van der Waals surface area contributed by atoms with Crippen LogP contribution in [0.3, 0.4) is 0 Å². The molecule has 1 fully saturated rings. The third-order valence-corrected chi connectivity index (χ3v) is 3.52. The van der Waals surface area contributed by atoms with Crippen LogP contribution in [0.25, 0.3) is 5.78 Å². The topological polar surface area (TPSA) is 48.7 Å². The molecule has 2 aromatic heterocycles. The van der Waals surface area contributed by atoms with Gasteiger partial charge in [-0.05, 0) is 26.7 Å². The lowest BCUT2D eigenvalue weighted by Gasteiger charge is -2.19. The monoisotopic (exact) mass is 261 g/mol. The number of fused-ring (bicyclic) bond motifs is 1. The van der Waals surface area contributed by atoms with E-state index in [9.17, 15) is 0 Å². The zero-order valence-corrected chi connectivity index (χ0v) is 11.4. The number of nitrogens with zero attached hydrogens (tertiary/aromatic N) is 3.